The lowest BCUT2D eigenvalue weighted by Crippen LogP contribution is -2.28. The summed E-state index contributed by atoms with van der Waals surface area (Å²) in [7, 11) is 1.15. The first-order chi connectivity index (χ1) is 8.04. The van der Waals surface area contributed by atoms with Gasteiger partial charge in [-0.25, -0.2) is 14.2 Å². The van der Waals surface area contributed by atoms with E-state index < -0.39 is 23.5 Å². The molecule has 0 radical (unpaired) electrons. The summed E-state index contributed by atoms with van der Waals surface area (Å²) in [5.74, 6) is -2.82. The summed E-state index contributed by atoms with van der Waals surface area (Å²) in [4.78, 5) is 26.7. The number of fused-ring (bicyclic) bond motifs is 1. The van der Waals surface area contributed by atoms with E-state index in [2.05, 4.69) is 9.73 Å². The Morgan fingerprint density at radius 3 is 2.94 bits per heavy atom. The lowest BCUT2D eigenvalue weighted by atomic mass is 9.90. The van der Waals surface area contributed by atoms with E-state index >= 15 is 0 Å². The summed E-state index contributed by atoms with van der Waals surface area (Å²) in [6, 6.07) is 0. The van der Waals surface area contributed by atoms with Gasteiger partial charge in [-0.2, -0.15) is 0 Å². The molecule has 0 saturated heterocycles. The minimum atomic E-state index is -0.814. The van der Waals surface area contributed by atoms with Crippen LogP contribution >= 0.6 is 11.6 Å². The van der Waals surface area contributed by atoms with Gasteiger partial charge in [-0.15, -0.1) is 0 Å². The van der Waals surface area contributed by atoms with Crippen molar-refractivity contribution >= 4 is 29.1 Å². The number of hydrogen-bond acceptors (Lipinski definition) is 4. The van der Waals surface area contributed by atoms with Crippen LogP contribution in [0.5, 0.6) is 0 Å². The summed E-state index contributed by atoms with van der Waals surface area (Å²) >= 11 is 5.59. The molecule has 2 aliphatic rings. The Morgan fingerprint density at radius 2 is 2.29 bits per heavy atom. The van der Waals surface area contributed by atoms with Crippen LogP contribution in [-0.4, -0.2) is 24.6 Å². The predicted octanol–water partition coefficient (Wildman–Crippen LogP) is 1.67. The molecule has 0 saturated carbocycles. The number of allylic oxidation sites excluding steroid dienone is 5. The zero-order chi connectivity index (χ0) is 12.6. The van der Waals surface area contributed by atoms with E-state index in [9.17, 15) is 14.0 Å². The summed E-state index contributed by atoms with van der Waals surface area (Å²) in [5, 5.41) is -0.140. The number of esters is 1. The SMILES string of the molecule is COC(=O)C1=CC(=O)C2C=CC(Cl)=C(F)C2=N1. The second-order valence-electron chi connectivity index (χ2n) is 3.42. The molecule has 0 amide bonds. The largest absolute Gasteiger partial charge is 0.464 e. The molecule has 6 heteroatoms. The number of nitrogens with zero attached hydrogens (tertiary/aromatic N) is 1. The molecule has 0 aromatic carbocycles. The van der Waals surface area contributed by atoms with Gasteiger partial charge in [0.2, 0.25) is 0 Å². The predicted molar refractivity (Wildman–Crippen MR) is 59.2 cm³/mol. The van der Waals surface area contributed by atoms with E-state index in [0.29, 0.717) is 0 Å². The Labute approximate surface area is 101 Å². The summed E-state index contributed by atoms with van der Waals surface area (Å²) in [6.45, 7) is 0. The van der Waals surface area contributed by atoms with Gasteiger partial charge >= 0.3 is 5.97 Å². The van der Waals surface area contributed by atoms with Crippen molar-refractivity contribution in [1.29, 1.82) is 0 Å². The molecule has 0 aromatic rings. The van der Waals surface area contributed by atoms with Crippen LogP contribution in [0, 0.1) is 5.92 Å². The number of ketones is 1. The van der Waals surface area contributed by atoms with Gasteiger partial charge in [-0.3, -0.25) is 4.79 Å². The van der Waals surface area contributed by atoms with Crippen LogP contribution < -0.4 is 0 Å². The monoisotopic (exact) mass is 255 g/mol. The number of methoxy groups -OCH3 is 1. The normalized spacial score (nSPS) is 23.0. The standard InChI is InChI=1S/C11H7ClFNO3/c1-17-11(16)7-4-8(15)5-2-3-6(12)9(13)10(5)14-7/h2-5H,1H3. The van der Waals surface area contributed by atoms with Crippen molar-refractivity contribution in [1.82, 2.24) is 0 Å². The fourth-order valence-corrected chi connectivity index (χ4v) is 1.72. The van der Waals surface area contributed by atoms with E-state index in [1.54, 1.807) is 0 Å². The number of carbonyl (C=O) groups excluding carboxylic acids is 2. The van der Waals surface area contributed by atoms with E-state index in [4.69, 9.17) is 11.6 Å². The Bertz CT molecular complexity index is 531. The molecule has 0 N–H and O–H groups in total. The first-order valence-electron chi connectivity index (χ1n) is 4.71. The van der Waals surface area contributed by atoms with Crippen molar-refractivity contribution in [3.8, 4) is 0 Å². The molecule has 0 aromatic heterocycles. The minimum absolute atomic E-state index is 0.140. The Morgan fingerprint density at radius 1 is 1.59 bits per heavy atom. The summed E-state index contributed by atoms with van der Waals surface area (Å²) in [6.07, 6.45) is 3.78. The minimum Gasteiger partial charge on any atom is -0.464 e. The van der Waals surface area contributed by atoms with Crippen molar-refractivity contribution in [2.45, 2.75) is 0 Å². The maximum atomic E-state index is 13.7. The van der Waals surface area contributed by atoms with Crippen molar-refractivity contribution in [2.24, 2.45) is 10.9 Å². The highest BCUT2D eigenvalue weighted by molar-refractivity contribution is 6.36. The van der Waals surface area contributed by atoms with Gasteiger partial charge in [0.05, 0.1) is 23.8 Å². The van der Waals surface area contributed by atoms with E-state index in [1.807, 2.05) is 0 Å². The molecule has 1 atom stereocenters. The van der Waals surface area contributed by atoms with Crippen LogP contribution in [0.25, 0.3) is 0 Å². The number of hydrogen-bond donors (Lipinski definition) is 0. The molecule has 1 aliphatic heterocycles. The van der Waals surface area contributed by atoms with Crippen LogP contribution in [-0.2, 0) is 14.3 Å². The van der Waals surface area contributed by atoms with Crippen molar-refractivity contribution in [2.75, 3.05) is 7.11 Å². The topological polar surface area (TPSA) is 55.7 Å². The van der Waals surface area contributed by atoms with Crippen molar-refractivity contribution in [3.63, 3.8) is 0 Å². The molecule has 17 heavy (non-hydrogen) atoms. The zero-order valence-corrected chi connectivity index (χ0v) is 9.49. The molecule has 0 fully saturated rings. The fraction of sp³-hybridized carbons (Fsp3) is 0.182. The highest BCUT2D eigenvalue weighted by Crippen LogP contribution is 2.29. The van der Waals surface area contributed by atoms with Gasteiger partial charge in [0.25, 0.3) is 0 Å². The van der Waals surface area contributed by atoms with Gasteiger partial charge < -0.3 is 4.74 Å². The second kappa shape index (κ2) is 4.25. The van der Waals surface area contributed by atoms with E-state index in [0.717, 1.165) is 13.2 Å². The van der Waals surface area contributed by atoms with Crippen LogP contribution in [0.3, 0.4) is 0 Å². The molecule has 1 aliphatic carbocycles. The second-order valence-corrected chi connectivity index (χ2v) is 3.83. The number of ether oxygens (including phenoxy) is 1. The first kappa shape index (κ1) is 11.7. The zero-order valence-electron chi connectivity index (χ0n) is 8.74. The third kappa shape index (κ3) is 1.93. The van der Waals surface area contributed by atoms with E-state index in [1.165, 1.54) is 12.2 Å². The number of carbonyl (C=O) groups is 2. The molecule has 4 nitrogen and oxygen atoms in total. The lowest BCUT2D eigenvalue weighted by molar-refractivity contribution is -0.136. The van der Waals surface area contributed by atoms with Gasteiger partial charge in [-0.1, -0.05) is 17.7 Å². The van der Waals surface area contributed by atoms with Crippen LogP contribution in [0.2, 0.25) is 0 Å². The molecule has 2 rings (SSSR count). The average Bonchev–Trinajstić information content (AvgIpc) is 2.33. The van der Waals surface area contributed by atoms with Gasteiger partial charge in [0.1, 0.15) is 0 Å². The average molecular weight is 256 g/mol. The van der Waals surface area contributed by atoms with Crippen LogP contribution in [0.4, 0.5) is 4.39 Å². The summed E-state index contributed by atoms with van der Waals surface area (Å²) in [5.41, 5.74) is -0.371. The fourth-order valence-electron chi connectivity index (χ4n) is 1.55. The maximum absolute atomic E-state index is 13.7. The molecule has 1 unspecified atom stereocenters. The Kier molecular flexibility index (Phi) is 2.93. The number of rotatable bonds is 1. The van der Waals surface area contributed by atoms with Gasteiger partial charge in [-0.05, 0) is 6.08 Å². The molecular weight excluding hydrogens is 249 g/mol. The molecular formula is C11H7ClFNO3. The quantitative estimate of drug-likeness (QED) is 0.670. The van der Waals surface area contributed by atoms with Gasteiger partial charge in [0, 0.05) is 6.08 Å². The smallest absolute Gasteiger partial charge is 0.356 e. The number of aliphatic imine (C=N–C) groups is 1. The van der Waals surface area contributed by atoms with Crippen molar-refractivity contribution < 1.29 is 18.7 Å². The Hall–Kier alpha value is -1.75. The lowest BCUT2D eigenvalue weighted by Gasteiger charge is -2.20. The number of halogens is 2. The molecule has 0 spiro atoms. The first-order valence-corrected chi connectivity index (χ1v) is 5.08. The molecule has 88 valence electrons. The van der Waals surface area contributed by atoms with Crippen molar-refractivity contribution in [3.05, 3.63) is 34.8 Å². The molecule has 0 bridgehead atoms. The maximum Gasteiger partial charge on any atom is 0.356 e. The third-order valence-corrected chi connectivity index (χ3v) is 2.68. The summed E-state index contributed by atoms with van der Waals surface area (Å²) < 4.78 is 18.1. The van der Waals surface area contributed by atoms with E-state index in [-0.39, 0.29) is 16.4 Å². The highest BCUT2D eigenvalue weighted by atomic mass is 35.5. The van der Waals surface area contributed by atoms with Gasteiger partial charge in [0.15, 0.2) is 17.3 Å². The van der Waals surface area contributed by atoms with Crippen LogP contribution in [0.1, 0.15) is 0 Å². The highest BCUT2D eigenvalue weighted by Gasteiger charge is 2.33. The third-order valence-electron chi connectivity index (χ3n) is 2.39. The van der Waals surface area contributed by atoms with Crippen LogP contribution in [0.15, 0.2) is 39.8 Å². The molecule has 1 heterocycles. The Balaban J connectivity index is 2.48.